The van der Waals surface area contributed by atoms with Gasteiger partial charge in [-0.1, -0.05) is 24.3 Å². The smallest absolute Gasteiger partial charge is 0.241 e. The molecule has 0 unspecified atom stereocenters. The van der Waals surface area contributed by atoms with Gasteiger partial charge >= 0.3 is 0 Å². The number of thiophene rings is 1. The molecule has 1 N–H and O–H groups in total. The van der Waals surface area contributed by atoms with E-state index in [1.54, 1.807) is 16.8 Å². The molecule has 2 heterocycles. The Morgan fingerprint density at radius 1 is 1.08 bits per heavy atom. The summed E-state index contributed by atoms with van der Waals surface area (Å²) in [6.07, 6.45) is 1.94. The molecule has 5 nitrogen and oxygen atoms in total. The van der Waals surface area contributed by atoms with E-state index < -0.39 is 10.0 Å². The molecule has 0 saturated carbocycles. The number of nitrogens with one attached hydrogen (secondary N) is 1. The van der Waals surface area contributed by atoms with Crippen molar-refractivity contribution < 1.29 is 13.2 Å². The number of amides is 1. The minimum Gasteiger partial charge on any atom is -0.337 e. The van der Waals surface area contributed by atoms with Crippen LogP contribution in [0.2, 0.25) is 0 Å². The molecule has 2 aromatic rings. The maximum atomic E-state index is 12.4. The summed E-state index contributed by atoms with van der Waals surface area (Å²) in [5.41, 5.74) is 2.58. The van der Waals surface area contributed by atoms with E-state index in [2.05, 4.69) is 16.9 Å². The normalized spacial score (nSPS) is 21.4. The number of benzene rings is 1. The van der Waals surface area contributed by atoms with E-state index in [9.17, 15) is 13.2 Å². The van der Waals surface area contributed by atoms with Gasteiger partial charge in [0, 0.05) is 30.4 Å². The Kier molecular flexibility index (Phi) is 3.94. The predicted octanol–water partition coefficient (Wildman–Crippen LogP) is 1.79. The average Bonchev–Trinajstić information content (AvgIpc) is 3.25. The zero-order valence-corrected chi connectivity index (χ0v) is 14.6. The first-order valence-corrected chi connectivity index (χ1v) is 10.4. The highest BCUT2D eigenvalue weighted by atomic mass is 32.2. The molecule has 4 rings (SSSR count). The molecule has 1 fully saturated rings. The van der Waals surface area contributed by atoms with Gasteiger partial charge in [0.25, 0.3) is 0 Å². The summed E-state index contributed by atoms with van der Waals surface area (Å²) >= 11 is 1.34. The largest absolute Gasteiger partial charge is 0.337 e. The van der Waals surface area contributed by atoms with Crippen molar-refractivity contribution in [2.75, 3.05) is 6.54 Å². The van der Waals surface area contributed by atoms with Gasteiger partial charge in [-0.3, -0.25) is 4.79 Å². The first kappa shape index (κ1) is 15.8. The van der Waals surface area contributed by atoms with E-state index >= 15 is 0 Å². The van der Waals surface area contributed by atoms with Crippen LogP contribution in [0.5, 0.6) is 0 Å². The summed E-state index contributed by atoms with van der Waals surface area (Å²) in [6, 6.07) is 9.61. The standard InChI is InChI=1S/C17H18N2O3S2/c20-17-9-14(18-24(21,22)16-5-6-23-11-16)10-19(17)15-7-12-3-1-2-4-13(12)8-15/h1-6,11,14-15,18H,7-10H2/t14-/m0/s1. The second-order valence-electron chi connectivity index (χ2n) is 6.36. The monoisotopic (exact) mass is 362 g/mol. The molecule has 1 atom stereocenters. The molecular formula is C17H18N2O3S2. The first-order valence-electron chi connectivity index (χ1n) is 7.94. The highest BCUT2D eigenvalue weighted by molar-refractivity contribution is 7.89. The third kappa shape index (κ3) is 2.87. The van der Waals surface area contributed by atoms with Crippen molar-refractivity contribution in [3.05, 3.63) is 52.2 Å². The quantitative estimate of drug-likeness (QED) is 0.902. The summed E-state index contributed by atoms with van der Waals surface area (Å²) in [7, 11) is -3.54. The van der Waals surface area contributed by atoms with Crippen LogP contribution in [-0.2, 0) is 27.7 Å². The fraction of sp³-hybridized carbons (Fsp3) is 0.353. The Labute approximate surface area is 145 Å². The van der Waals surface area contributed by atoms with Crippen molar-refractivity contribution in [2.24, 2.45) is 0 Å². The number of nitrogens with zero attached hydrogens (tertiary/aromatic N) is 1. The number of fused-ring (bicyclic) bond motifs is 1. The number of sulfonamides is 1. The third-order valence-electron chi connectivity index (χ3n) is 4.76. The molecule has 1 aliphatic carbocycles. The molecule has 0 radical (unpaired) electrons. The minimum absolute atomic E-state index is 0.0332. The Morgan fingerprint density at radius 2 is 1.79 bits per heavy atom. The second-order valence-corrected chi connectivity index (χ2v) is 8.85. The molecular weight excluding hydrogens is 344 g/mol. The first-order chi connectivity index (χ1) is 11.5. The Hall–Kier alpha value is -1.70. The number of hydrogen-bond acceptors (Lipinski definition) is 4. The molecule has 1 amide bonds. The average molecular weight is 362 g/mol. The van der Waals surface area contributed by atoms with Gasteiger partial charge in [-0.2, -0.15) is 11.3 Å². The van der Waals surface area contributed by atoms with Crippen molar-refractivity contribution in [3.8, 4) is 0 Å². The van der Waals surface area contributed by atoms with Gasteiger partial charge in [0.2, 0.25) is 15.9 Å². The fourth-order valence-corrected chi connectivity index (χ4v) is 5.87. The summed E-state index contributed by atoms with van der Waals surface area (Å²) in [4.78, 5) is 14.5. The van der Waals surface area contributed by atoms with Crippen LogP contribution >= 0.6 is 11.3 Å². The van der Waals surface area contributed by atoms with Crippen LogP contribution in [0.1, 0.15) is 17.5 Å². The van der Waals surface area contributed by atoms with E-state index in [1.165, 1.54) is 22.5 Å². The zero-order chi connectivity index (χ0) is 16.7. The van der Waals surface area contributed by atoms with Gasteiger partial charge < -0.3 is 4.90 Å². The molecule has 0 bridgehead atoms. The Bertz CT molecular complexity index is 837. The van der Waals surface area contributed by atoms with E-state index in [0.717, 1.165) is 12.8 Å². The predicted molar refractivity (Wildman–Crippen MR) is 92.4 cm³/mol. The maximum Gasteiger partial charge on any atom is 0.241 e. The molecule has 7 heteroatoms. The van der Waals surface area contributed by atoms with Gasteiger partial charge in [0.1, 0.15) is 0 Å². The minimum atomic E-state index is -3.54. The number of hydrogen-bond donors (Lipinski definition) is 1. The number of carbonyl (C=O) groups is 1. The van der Waals surface area contributed by atoms with Crippen molar-refractivity contribution >= 4 is 27.3 Å². The van der Waals surface area contributed by atoms with E-state index in [0.29, 0.717) is 6.54 Å². The number of rotatable bonds is 4. The highest BCUT2D eigenvalue weighted by Gasteiger charge is 2.38. The van der Waals surface area contributed by atoms with E-state index in [1.807, 2.05) is 17.0 Å². The summed E-state index contributed by atoms with van der Waals surface area (Å²) in [6.45, 7) is 0.445. The van der Waals surface area contributed by atoms with E-state index in [-0.39, 0.29) is 29.3 Å². The lowest BCUT2D eigenvalue weighted by Gasteiger charge is -2.24. The molecule has 1 aromatic heterocycles. The summed E-state index contributed by atoms with van der Waals surface area (Å²) < 4.78 is 27.3. The second kappa shape index (κ2) is 5.98. The highest BCUT2D eigenvalue weighted by Crippen LogP contribution is 2.28. The topological polar surface area (TPSA) is 66.5 Å². The number of likely N-dealkylation sites (tertiary alicyclic amines) is 1. The molecule has 0 spiro atoms. The van der Waals surface area contributed by atoms with Gasteiger partial charge in [-0.15, -0.1) is 0 Å². The van der Waals surface area contributed by atoms with Crippen LogP contribution in [0.4, 0.5) is 0 Å². The molecule has 126 valence electrons. The van der Waals surface area contributed by atoms with Gasteiger partial charge in [0.15, 0.2) is 0 Å². The van der Waals surface area contributed by atoms with E-state index in [4.69, 9.17) is 0 Å². The molecule has 2 aliphatic rings. The van der Waals surface area contributed by atoms with Crippen LogP contribution < -0.4 is 4.72 Å². The van der Waals surface area contributed by atoms with Crippen molar-refractivity contribution in [1.29, 1.82) is 0 Å². The van der Waals surface area contributed by atoms with Gasteiger partial charge in [-0.05, 0) is 35.4 Å². The van der Waals surface area contributed by atoms with Crippen molar-refractivity contribution in [2.45, 2.75) is 36.2 Å². The van der Waals surface area contributed by atoms with Crippen LogP contribution in [0.25, 0.3) is 0 Å². The molecule has 1 saturated heterocycles. The van der Waals surface area contributed by atoms with Gasteiger partial charge in [0.05, 0.1) is 4.90 Å². The third-order valence-corrected chi connectivity index (χ3v) is 7.11. The van der Waals surface area contributed by atoms with Crippen LogP contribution in [0, 0.1) is 0 Å². The molecule has 1 aromatic carbocycles. The summed E-state index contributed by atoms with van der Waals surface area (Å²) in [5.74, 6) is 0.0332. The zero-order valence-electron chi connectivity index (χ0n) is 13.0. The van der Waals surface area contributed by atoms with Crippen molar-refractivity contribution in [3.63, 3.8) is 0 Å². The lowest BCUT2D eigenvalue weighted by Crippen LogP contribution is -2.41. The van der Waals surface area contributed by atoms with Crippen LogP contribution in [0.15, 0.2) is 46.0 Å². The number of carbonyl (C=O) groups excluding carboxylic acids is 1. The van der Waals surface area contributed by atoms with Crippen molar-refractivity contribution in [1.82, 2.24) is 9.62 Å². The lowest BCUT2D eigenvalue weighted by molar-refractivity contribution is -0.129. The SMILES string of the molecule is O=C1C[C@H](NS(=O)(=O)c2ccsc2)CN1C1Cc2ccccc2C1. The Morgan fingerprint density at radius 3 is 2.42 bits per heavy atom. The summed E-state index contributed by atoms with van der Waals surface area (Å²) in [5, 5.41) is 3.33. The van der Waals surface area contributed by atoms with Crippen LogP contribution in [0.3, 0.4) is 0 Å². The maximum absolute atomic E-state index is 12.4. The molecule has 24 heavy (non-hydrogen) atoms. The Balaban J connectivity index is 1.45. The fourth-order valence-electron chi connectivity index (χ4n) is 3.61. The molecule has 1 aliphatic heterocycles. The van der Waals surface area contributed by atoms with Crippen LogP contribution in [-0.4, -0.2) is 37.9 Å². The van der Waals surface area contributed by atoms with Gasteiger partial charge in [-0.25, -0.2) is 13.1 Å². The lowest BCUT2D eigenvalue weighted by atomic mass is 10.1.